The standard InChI is InChI=1S/C12H17N3S/c1-2-5-15-6-3-11(4-7-15)14-9-12-8-13-10-16-12/h1,8,10-11,14H,3-7,9H2. The number of hydrogen-bond acceptors (Lipinski definition) is 4. The number of nitrogens with zero attached hydrogens (tertiary/aromatic N) is 2. The summed E-state index contributed by atoms with van der Waals surface area (Å²) in [5.41, 5.74) is 1.88. The van der Waals surface area contributed by atoms with E-state index in [1.807, 2.05) is 11.7 Å². The Kier molecular flexibility index (Phi) is 4.34. The van der Waals surface area contributed by atoms with Gasteiger partial charge in [0.05, 0.1) is 12.1 Å². The summed E-state index contributed by atoms with van der Waals surface area (Å²) in [4.78, 5) is 7.72. The predicted molar refractivity (Wildman–Crippen MR) is 67.2 cm³/mol. The molecule has 1 aliphatic rings. The van der Waals surface area contributed by atoms with E-state index in [9.17, 15) is 0 Å². The Morgan fingerprint density at radius 3 is 3.00 bits per heavy atom. The van der Waals surface area contributed by atoms with E-state index in [4.69, 9.17) is 6.42 Å². The van der Waals surface area contributed by atoms with Gasteiger partial charge in [0.25, 0.3) is 0 Å². The summed E-state index contributed by atoms with van der Waals surface area (Å²) in [5, 5.41) is 3.58. The second kappa shape index (κ2) is 6.00. The minimum absolute atomic E-state index is 0.635. The third kappa shape index (κ3) is 3.31. The van der Waals surface area contributed by atoms with Gasteiger partial charge in [0.2, 0.25) is 0 Å². The highest BCUT2D eigenvalue weighted by Gasteiger charge is 2.17. The fourth-order valence-corrected chi connectivity index (χ4v) is 2.54. The van der Waals surface area contributed by atoms with E-state index in [0.717, 1.165) is 26.2 Å². The summed E-state index contributed by atoms with van der Waals surface area (Å²) >= 11 is 1.71. The fourth-order valence-electron chi connectivity index (χ4n) is 2.00. The number of aromatic nitrogens is 1. The van der Waals surface area contributed by atoms with Crippen molar-refractivity contribution < 1.29 is 0 Å². The highest BCUT2D eigenvalue weighted by molar-refractivity contribution is 7.09. The van der Waals surface area contributed by atoms with Crippen molar-refractivity contribution in [2.75, 3.05) is 19.6 Å². The largest absolute Gasteiger partial charge is 0.309 e. The highest BCUT2D eigenvalue weighted by Crippen LogP contribution is 2.11. The lowest BCUT2D eigenvalue weighted by Gasteiger charge is -2.31. The van der Waals surface area contributed by atoms with E-state index < -0.39 is 0 Å². The van der Waals surface area contributed by atoms with Crippen LogP contribution in [0, 0.1) is 12.3 Å². The molecule has 0 aliphatic carbocycles. The lowest BCUT2D eigenvalue weighted by molar-refractivity contribution is 0.217. The molecule has 4 heteroatoms. The van der Waals surface area contributed by atoms with Crippen molar-refractivity contribution >= 4 is 11.3 Å². The second-order valence-corrected chi connectivity index (χ2v) is 5.07. The molecule has 1 aliphatic heterocycles. The van der Waals surface area contributed by atoms with Gasteiger partial charge in [-0.2, -0.15) is 0 Å². The Labute approximate surface area is 101 Å². The predicted octanol–water partition coefficient (Wildman–Crippen LogP) is 1.33. The van der Waals surface area contributed by atoms with Crippen LogP contribution in [-0.4, -0.2) is 35.6 Å². The lowest BCUT2D eigenvalue weighted by Crippen LogP contribution is -2.42. The zero-order valence-electron chi connectivity index (χ0n) is 9.35. The Morgan fingerprint density at radius 2 is 2.38 bits per heavy atom. The smallest absolute Gasteiger partial charge is 0.0794 e. The van der Waals surface area contributed by atoms with E-state index >= 15 is 0 Å². The highest BCUT2D eigenvalue weighted by atomic mass is 32.1. The molecule has 0 atom stereocenters. The minimum atomic E-state index is 0.635. The first-order valence-electron chi connectivity index (χ1n) is 5.65. The first-order valence-corrected chi connectivity index (χ1v) is 6.53. The van der Waals surface area contributed by atoms with E-state index in [1.54, 1.807) is 11.3 Å². The number of likely N-dealkylation sites (tertiary alicyclic amines) is 1. The van der Waals surface area contributed by atoms with Gasteiger partial charge in [0.1, 0.15) is 0 Å². The molecule has 0 bridgehead atoms. The molecule has 1 fully saturated rings. The molecule has 1 aromatic heterocycles. The average molecular weight is 235 g/mol. The molecule has 0 amide bonds. The van der Waals surface area contributed by atoms with Crippen LogP contribution in [0.15, 0.2) is 11.7 Å². The van der Waals surface area contributed by atoms with Crippen LogP contribution >= 0.6 is 11.3 Å². The summed E-state index contributed by atoms with van der Waals surface area (Å²) in [6.07, 6.45) is 9.63. The first kappa shape index (κ1) is 11.6. The summed E-state index contributed by atoms with van der Waals surface area (Å²) in [6, 6.07) is 0.635. The maximum absolute atomic E-state index is 5.30. The topological polar surface area (TPSA) is 28.2 Å². The van der Waals surface area contributed by atoms with Crippen molar-refractivity contribution in [1.82, 2.24) is 15.2 Å². The van der Waals surface area contributed by atoms with E-state index in [2.05, 4.69) is 21.1 Å². The Hall–Kier alpha value is -0.890. The Morgan fingerprint density at radius 1 is 1.56 bits per heavy atom. The molecule has 1 saturated heterocycles. The van der Waals surface area contributed by atoms with Crippen LogP contribution in [0.1, 0.15) is 17.7 Å². The summed E-state index contributed by atoms with van der Waals surface area (Å²) in [7, 11) is 0. The molecular formula is C12H17N3S. The van der Waals surface area contributed by atoms with Crippen LogP contribution < -0.4 is 5.32 Å². The van der Waals surface area contributed by atoms with Crippen LogP contribution in [0.25, 0.3) is 0 Å². The minimum Gasteiger partial charge on any atom is -0.309 e. The number of hydrogen-bond donors (Lipinski definition) is 1. The molecule has 1 N–H and O–H groups in total. The molecular weight excluding hydrogens is 218 g/mol. The third-order valence-corrected chi connectivity index (χ3v) is 3.73. The number of rotatable bonds is 4. The van der Waals surface area contributed by atoms with Crippen molar-refractivity contribution in [3.63, 3.8) is 0 Å². The average Bonchev–Trinajstić information content (AvgIpc) is 2.82. The summed E-state index contributed by atoms with van der Waals surface area (Å²) in [5.74, 6) is 2.71. The van der Waals surface area contributed by atoms with Crippen LogP contribution in [0.5, 0.6) is 0 Å². The molecule has 2 heterocycles. The van der Waals surface area contributed by atoms with Gasteiger partial charge in [-0.3, -0.25) is 9.88 Å². The number of thiazole rings is 1. The second-order valence-electron chi connectivity index (χ2n) is 4.10. The molecule has 0 unspecified atom stereocenters. The maximum atomic E-state index is 5.30. The zero-order chi connectivity index (χ0) is 11.2. The van der Waals surface area contributed by atoms with E-state index in [0.29, 0.717) is 6.04 Å². The van der Waals surface area contributed by atoms with E-state index in [1.165, 1.54) is 17.7 Å². The quantitative estimate of drug-likeness (QED) is 0.798. The van der Waals surface area contributed by atoms with Crippen LogP contribution in [-0.2, 0) is 6.54 Å². The van der Waals surface area contributed by atoms with Gasteiger partial charge in [-0.25, -0.2) is 0 Å². The Balaban J connectivity index is 1.68. The molecule has 0 spiro atoms. The molecule has 86 valence electrons. The van der Waals surface area contributed by atoms with Crippen LogP contribution in [0.3, 0.4) is 0 Å². The van der Waals surface area contributed by atoms with Gasteiger partial charge in [0.15, 0.2) is 0 Å². The normalized spacial score (nSPS) is 18.4. The Bertz CT molecular complexity index is 334. The molecule has 0 saturated carbocycles. The van der Waals surface area contributed by atoms with Gasteiger partial charge in [-0.1, -0.05) is 5.92 Å². The SMILES string of the molecule is C#CCN1CCC(NCc2cncs2)CC1. The van der Waals surface area contributed by atoms with Crippen molar-refractivity contribution in [3.05, 3.63) is 16.6 Å². The van der Waals surface area contributed by atoms with Crippen molar-refractivity contribution in [1.29, 1.82) is 0 Å². The van der Waals surface area contributed by atoms with Crippen molar-refractivity contribution in [3.8, 4) is 12.3 Å². The monoisotopic (exact) mass is 235 g/mol. The molecule has 0 aromatic carbocycles. The molecule has 0 radical (unpaired) electrons. The fraction of sp³-hybridized carbons (Fsp3) is 0.583. The van der Waals surface area contributed by atoms with Gasteiger partial charge in [0, 0.05) is 36.8 Å². The molecule has 2 rings (SSSR count). The van der Waals surface area contributed by atoms with Gasteiger partial charge in [-0.15, -0.1) is 17.8 Å². The third-order valence-electron chi connectivity index (χ3n) is 2.95. The van der Waals surface area contributed by atoms with Gasteiger partial charge in [-0.05, 0) is 12.8 Å². The molecule has 3 nitrogen and oxygen atoms in total. The number of nitrogens with one attached hydrogen (secondary N) is 1. The van der Waals surface area contributed by atoms with E-state index in [-0.39, 0.29) is 0 Å². The summed E-state index contributed by atoms with van der Waals surface area (Å²) in [6.45, 7) is 3.97. The molecule has 1 aromatic rings. The number of piperidine rings is 1. The lowest BCUT2D eigenvalue weighted by atomic mass is 10.1. The van der Waals surface area contributed by atoms with Gasteiger partial charge >= 0.3 is 0 Å². The van der Waals surface area contributed by atoms with Crippen molar-refractivity contribution in [2.45, 2.75) is 25.4 Å². The first-order chi connectivity index (χ1) is 7.88. The zero-order valence-corrected chi connectivity index (χ0v) is 10.2. The van der Waals surface area contributed by atoms with Crippen molar-refractivity contribution in [2.24, 2.45) is 0 Å². The van der Waals surface area contributed by atoms with Gasteiger partial charge < -0.3 is 5.32 Å². The van der Waals surface area contributed by atoms with Crippen LogP contribution in [0.2, 0.25) is 0 Å². The number of terminal acetylenes is 1. The molecule has 16 heavy (non-hydrogen) atoms. The van der Waals surface area contributed by atoms with Crippen LogP contribution in [0.4, 0.5) is 0 Å². The maximum Gasteiger partial charge on any atom is 0.0794 e. The summed E-state index contributed by atoms with van der Waals surface area (Å²) < 4.78 is 0.